The molecular formula is C13H17N5O3S. The number of carbonyl (C=O) groups is 1. The Labute approximate surface area is 128 Å². The maximum absolute atomic E-state index is 12.0. The molecule has 0 unspecified atom stereocenters. The van der Waals surface area contributed by atoms with E-state index >= 15 is 0 Å². The first-order valence-electron chi connectivity index (χ1n) is 6.80. The highest BCUT2D eigenvalue weighted by molar-refractivity contribution is 7.87. The van der Waals surface area contributed by atoms with Gasteiger partial charge in [0.15, 0.2) is 0 Å². The topological polar surface area (TPSA) is 89.2 Å². The zero-order valence-corrected chi connectivity index (χ0v) is 13.1. The van der Waals surface area contributed by atoms with Crippen LogP contribution in [0.4, 0.5) is 0 Å². The van der Waals surface area contributed by atoms with Crippen molar-refractivity contribution in [1.29, 1.82) is 0 Å². The molecule has 0 saturated heterocycles. The van der Waals surface area contributed by atoms with Crippen molar-refractivity contribution >= 4 is 16.1 Å². The zero-order chi connectivity index (χ0) is 15.9. The summed E-state index contributed by atoms with van der Waals surface area (Å²) in [6.45, 7) is 0.494. The molecule has 1 N–H and O–H groups in total. The van der Waals surface area contributed by atoms with E-state index < -0.39 is 10.2 Å². The molecule has 118 valence electrons. The predicted molar refractivity (Wildman–Crippen MR) is 79.7 cm³/mol. The van der Waals surface area contributed by atoms with Crippen LogP contribution in [0, 0.1) is 0 Å². The average Bonchev–Trinajstić information content (AvgIpc) is 3.11. The fourth-order valence-corrected chi connectivity index (χ4v) is 3.28. The molecule has 22 heavy (non-hydrogen) atoms. The monoisotopic (exact) mass is 323 g/mol. The van der Waals surface area contributed by atoms with Gasteiger partial charge >= 0.3 is 10.2 Å². The smallest absolute Gasteiger partial charge is 0.308 e. The Bertz CT molecular complexity index is 805. The summed E-state index contributed by atoms with van der Waals surface area (Å²) in [7, 11) is -0.604. The van der Waals surface area contributed by atoms with Crippen LogP contribution in [-0.4, -0.2) is 52.8 Å². The Balaban J connectivity index is 1.83. The minimum Gasteiger partial charge on any atom is -0.349 e. The summed E-state index contributed by atoms with van der Waals surface area (Å²) in [4.78, 5) is 15.9. The van der Waals surface area contributed by atoms with E-state index in [-0.39, 0.29) is 11.9 Å². The van der Waals surface area contributed by atoms with Gasteiger partial charge in [-0.1, -0.05) is 0 Å². The fourth-order valence-electron chi connectivity index (χ4n) is 2.48. The van der Waals surface area contributed by atoms with Crippen LogP contribution in [0.1, 0.15) is 22.2 Å². The largest absolute Gasteiger partial charge is 0.349 e. The van der Waals surface area contributed by atoms with Crippen molar-refractivity contribution in [3.05, 3.63) is 42.2 Å². The van der Waals surface area contributed by atoms with Gasteiger partial charge in [0, 0.05) is 39.5 Å². The second kappa shape index (κ2) is 5.25. The number of fused-ring (bicyclic) bond motifs is 1. The second-order valence-corrected chi connectivity index (χ2v) is 7.40. The molecule has 2 aromatic heterocycles. The molecule has 1 aliphatic rings. The molecule has 3 rings (SSSR count). The minimum atomic E-state index is -3.54. The van der Waals surface area contributed by atoms with Crippen molar-refractivity contribution < 1.29 is 13.2 Å². The molecule has 2 aromatic rings. The molecule has 8 nitrogen and oxygen atoms in total. The lowest BCUT2D eigenvalue weighted by Crippen LogP contribution is -2.39. The lowest BCUT2D eigenvalue weighted by Gasteiger charge is -2.25. The number of amides is 1. The average molecular weight is 323 g/mol. The molecule has 1 aliphatic heterocycles. The Morgan fingerprint density at radius 3 is 2.95 bits per heavy atom. The van der Waals surface area contributed by atoms with Crippen LogP contribution < -0.4 is 5.32 Å². The summed E-state index contributed by atoms with van der Waals surface area (Å²) < 4.78 is 28.2. The van der Waals surface area contributed by atoms with E-state index in [1.165, 1.54) is 26.6 Å². The normalized spacial score (nSPS) is 18.3. The number of nitrogens with one attached hydrogen (secondary N) is 1. The number of carbonyl (C=O) groups excluding carboxylic acids is 1. The molecule has 1 atom stereocenters. The first kappa shape index (κ1) is 14.8. The summed E-state index contributed by atoms with van der Waals surface area (Å²) in [5.41, 5.74) is 1.27. The van der Waals surface area contributed by atoms with Crippen molar-refractivity contribution in [1.82, 2.24) is 23.1 Å². The first-order chi connectivity index (χ1) is 10.4. The SMILES string of the molecule is CN(C)S(=O)(=O)n1cnc(C[C@@H]2CNC(=O)c3cccn32)c1. The van der Waals surface area contributed by atoms with E-state index in [2.05, 4.69) is 10.3 Å². The van der Waals surface area contributed by atoms with Gasteiger partial charge in [-0.05, 0) is 12.1 Å². The van der Waals surface area contributed by atoms with Gasteiger partial charge in [-0.15, -0.1) is 0 Å². The van der Waals surface area contributed by atoms with Gasteiger partial charge in [0.25, 0.3) is 5.91 Å². The highest BCUT2D eigenvalue weighted by atomic mass is 32.2. The van der Waals surface area contributed by atoms with Gasteiger partial charge in [-0.3, -0.25) is 4.79 Å². The summed E-state index contributed by atoms with van der Waals surface area (Å²) in [6, 6.07) is 3.60. The lowest BCUT2D eigenvalue weighted by molar-refractivity contribution is 0.0914. The molecule has 0 aromatic carbocycles. The number of nitrogens with zero attached hydrogens (tertiary/aromatic N) is 4. The summed E-state index contributed by atoms with van der Waals surface area (Å²) in [5.74, 6) is -0.0954. The quantitative estimate of drug-likeness (QED) is 0.848. The van der Waals surface area contributed by atoms with Gasteiger partial charge < -0.3 is 9.88 Å². The number of rotatable bonds is 4. The van der Waals surface area contributed by atoms with Crippen molar-refractivity contribution in [3.63, 3.8) is 0 Å². The standard InChI is InChI=1S/C13H17N5O3S/c1-16(2)22(20,21)17-8-10(15-9-17)6-11-7-14-13(19)12-4-3-5-18(11)12/h3-5,8-9,11H,6-7H2,1-2H3,(H,14,19)/t11-/m1/s1. The van der Waals surface area contributed by atoms with Crippen LogP contribution in [0.15, 0.2) is 30.9 Å². The first-order valence-corrected chi connectivity index (χ1v) is 8.20. The number of hydrogen-bond acceptors (Lipinski definition) is 4. The van der Waals surface area contributed by atoms with E-state index in [0.717, 1.165) is 8.28 Å². The van der Waals surface area contributed by atoms with E-state index in [9.17, 15) is 13.2 Å². The Morgan fingerprint density at radius 1 is 1.45 bits per heavy atom. The van der Waals surface area contributed by atoms with Crippen molar-refractivity contribution in [3.8, 4) is 0 Å². The van der Waals surface area contributed by atoms with Gasteiger partial charge in [0.2, 0.25) is 0 Å². The van der Waals surface area contributed by atoms with E-state index in [0.29, 0.717) is 24.4 Å². The van der Waals surface area contributed by atoms with Crippen LogP contribution in [-0.2, 0) is 16.6 Å². The Morgan fingerprint density at radius 2 is 2.23 bits per heavy atom. The predicted octanol–water partition coefficient (Wildman–Crippen LogP) is -0.134. The summed E-state index contributed by atoms with van der Waals surface area (Å²) >= 11 is 0. The Kier molecular flexibility index (Phi) is 3.53. The van der Waals surface area contributed by atoms with Crippen LogP contribution >= 0.6 is 0 Å². The van der Waals surface area contributed by atoms with Gasteiger partial charge in [0.05, 0.1) is 11.7 Å². The van der Waals surface area contributed by atoms with E-state index in [1.54, 1.807) is 6.07 Å². The lowest BCUT2D eigenvalue weighted by atomic mass is 10.1. The fraction of sp³-hybridized carbons (Fsp3) is 0.385. The number of imidazole rings is 1. The van der Waals surface area contributed by atoms with E-state index in [1.807, 2.05) is 16.8 Å². The number of hydrogen-bond donors (Lipinski definition) is 1. The van der Waals surface area contributed by atoms with Gasteiger partial charge in [-0.25, -0.2) is 8.96 Å². The van der Waals surface area contributed by atoms with Crippen molar-refractivity contribution in [2.45, 2.75) is 12.5 Å². The molecule has 0 bridgehead atoms. The van der Waals surface area contributed by atoms with Crippen LogP contribution in [0.25, 0.3) is 0 Å². The molecule has 0 saturated carbocycles. The summed E-state index contributed by atoms with van der Waals surface area (Å²) in [6.07, 6.45) is 5.20. The minimum absolute atomic E-state index is 0.0214. The van der Waals surface area contributed by atoms with E-state index in [4.69, 9.17) is 0 Å². The van der Waals surface area contributed by atoms with Crippen LogP contribution in [0.5, 0.6) is 0 Å². The highest BCUT2D eigenvalue weighted by Gasteiger charge is 2.25. The second-order valence-electron chi connectivity index (χ2n) is 5.35. The van der Waals surface area contributed by atoms with Crippen LogP contribution in [0.3, 0.4) is 0 Å². The number of aromatic nitrogens is 3. The maximum Gasteiger partial charge on any atom is 0.308 e. The highest BCUT2D eigenvalue weighted by Crippen LogP contribution is 2.20. The molecule has 9 heteroatoms. The zero-order valence-electron chi connectivity index (χ0n) is 12.3. The summed E-state index contributed by atoms with van der Waals surface area (Å²) in [5, 5.41) is 2.83. The molecule has 0 fully saturated rings. The maximum atomic E-state index is 12.0. The molecule has 0 radical (unpaired) electrons. The van der Waals surface area contributed by atoms with Crippen molar-refractivity contribution in [2.75, 3.05) is 20.6 Å². The third kappa shape index (κ3) is 2.42. The third-order valence-corrected chi connectivity index (χ3v) is 5.34. The third-order valence-electron chi connectivity index (χ3n) is 3.69. The Hall–Kier alpha value is -2.13. The molecule has 1 amide bonds. The van der Waals surface area contributed by atoms with Gasteiger partial charge in [-0.2, -0.15) is 12.7 Å². The van der Waals surface area contributed by atoms with Gasteiger partial charge in [0.1, 0.15) is 12.0 Å². The molecule has 0 aliphatic carbocycles. The molecular weight excluding hydrogens is 306 g/mol. The van der Waals surface area contributed by atoms with Crippen LogP contribution in [0.2, 0.25) is 0 Å². The molecule has 3 heterocycles. The van der Waals surface area contributed by atoms with Crippen molar-refractivity contribution in [2.24, 2.45) is 0 Å². The molecule has 0 spiro atoms.